The molecular formula is C10H7F2N. The Bertz CT molecular complexity index is 460. The molecule has 0 fully saturated rings. The van der Waals surface area contributed by atoms with Crippen molar-refractivity contribution in [2.24, 2.45) is 0 Å². The smallest absolute Gasteiger partial charge is 0.153 e. The summed E-state index contributed by atoms with van der Waals surface area (Å²) in [6, 6.07) is 7.08. The fourth-order valence-electron chi connectivity index (χ4n) is 1.27. The predicted molar refractivity (Wildman–Crippen MR) is 48.3 cm³/mol. The Morgan fingerprint density at radius 3 is 2.46 bits per heavy atom. The van der Waals surface area contributed by atoms with E-state index >= 15 is 0 Å². The first-order valence-electron chi connectivity index (χ1n) is 3.82. The standard InChI is InChI=1S/C10H7F2N/c11-7-3-1-6-2-4-9(13)10(12)8(6)5-7/h1-5H,13H2. The molecule has 0 radical (unpaired) electrons. The summed E-state index contributed by atoms with van der Waals surface area (Å²) < 4.78 is 26.0. The van der Waals surface area contributed by atoms with E-state index in [0.717, 1.165) is 6.07 Å². The van der Waals surface area contributed by atoms with Crippen LogP contribution in [0.3, 0.4) is 0 Å². The van der Waals surface area contributed by atoms with Gasteiger partial charge in [-0.15, -0.1) is 0 Å². The molecule has 2 aromatic carbocycles. The zero-order chi connectivity index (χ0) is 9.42. The number of fused-ring (bicyclic) bond motifs is 1. The van der Waals surface area contributed by atoms with Gasteiger partial charge in [0.1, 0.15) is 5.82 Å². The minimum atomic E-state index is -0.558. The quantitative estimate of drug-likeness (QED) is 0.618. The number of nitrogen functional groups attached to an aromatic ring is 1. The molecule has 0 amide bonds. The van der Waals surface area contributed by atoms with Crippen LogP contribution in [0.2, 0.25) is 0 Å². The van der Waals surface area contributed by atoms with Gasteiger partial charge in [0.2, 0.25) is 0 Å². The van der Waals surface area contributed by atoms with Crippen LogP contribution in [0.15, 0.2) is 30.3 Å². The predicted octanol–water partition coefficient (Wildman–Crippen LogP) is 2.70. The summed E-state index contributed by atoms with van der Waals surface area (Å²) in [6.45, 7) is 0. The molecule has 66 valence electrons. The largest absolute Gasteiger partial charge is 0.396 e. The Labute approximate surface area is 73.8 Å². The van der Waals surface area contributed by atoms with Crippen LogP contribution in [-0.2, 0) is 0 Å². The molecular weight excluding hydrogens is 172 g/mol. The lowest BCUT2D eigenvalue weighted by Gasteiger charge is -2.01. The van der Waals surface area contributed by atoms with Gasteiger partial charge in [-0.25, -0.2) is 8.78 Å². The third-order valence-corrected chi connectivity index (χ3v) is 1.95. The molecule has 13 heavy (non-hydrogen) atoms. The Morgan fingerprint density at radius 1 is 1.00 bits per heavy atom. The number of hydrogen-bond acceptors (Lipinski definition) is 1. The number of rotatable bonds is 0. The third kappa shape index (κ3) is 1.22. The number of anilines is 1. The molecule has 0 bridgehead atoms. The molecule has 0 spiro atoms. The van der Waals surface area contributed by atoms with Gasteiger partial charge in [-0.05, 0) is 23.6 Å². The van der Waals surface area contributed by atoms with Crippen LogP contribution < -0.4 is 5.73 Å². The van der Waals surface area contributed by atoms with Gasteiger partial charge in [0.25, 0.3) is 0 Å². The SMILES string of the molecule is Nc1ccc2ccc(F)cc2c1F. The van der Waals surface area contributed by atoms with Crippen LogP contribution in [0, 0.1) is 11.6 Å². The summed E-state index contributed by atoms with van der Waals surface area (Å²) in [5.41, 5.74) is 5.38. The number of hydrogen-bond donors (Lipinski definition) is 1. The van der Waals surface area contributed by atoms with Crippen molar-refractivity contribution in [1.82, 2.24) is 0 Å². The minimum Gasteiger partial charge on any atom is -0.396 e. The maximum absolute atomic E-state index is 13.3. The Morgan fingerprint density at radius 2 is 1.69 bits per heavy atom. The molecule has 3 heteroatoms. The van der Waals surface area contributed by atoms with Crippen molar-refractivity contribution in [3.8, 4) is 0 Å². The lowest BCUT2D eigenvalue weighted by molar-refractivity contribution is 0.623. The van der Waals surface area contributed by atoms with E-state index in [1.54, 1.807) is 6.07 Å². The summed E-state index contributed by atoms with van der Waals surface area (Å²) in [4.78, 5) is 0. The molecule has 0 saturated heterocycles. The highest BCUT2D eigenvalue weighted by Gasteiger charge is 2.04. The minimum absolute atomic E-state index is 0.0399. The maximum atomic E-state index is 13.3. The summed E-state index contributed by atoms with van der Waals surface area (Å²) in [6.07, 6.45) is 0. The van der Waals surface area contributed by atoms with E-state index in [-0.39, 0.29) is 11.1 Å². The van der Waals surface area contributed by atoms with Gasteiger partial charge in [0.05, 0.1) is 5.69 Å². The van der Waals surface area contributed by atoms with Crippen molar-refractivity contribution in [2.75, 3.05) is 5.73 Å². The lowest BCUT2D eigenvalue weighted by atomic mass is 10.1. The highest BCUT2D eigenvalue weighted by Crippen LogP contribution is 2.23. The number of nitrogens with two attached hydrogens (primary N) is 1. The Balaban J connectivity index is 2.89. The average Bonchev–Trinajstić information content (AvgIpc) is 2.12. The Hall–Kier alpha value is -1.64. The van der Waals surface area contributed by atoms with E-state index in [0.29, 0.717) is 5.39 Å². The first-order valence-corrected chi connectivity index (χ1v) is 3.82. The molecule has 1 nitrogen and oxygen atoms in total. The number of halogens is 2. The van der Waals surface area contributed by atoms with Crippen molar-refractivity contribution in [1.29, 1.82) is 0 Å². The number of benzene rings is 2. The van der Waals surface area contributed by atoms with Gasteiger partial charge in [-0.1, -0.05) is 12.1 Å². The second-order valence-electron chi connectivity index (χ2n) is 2.83. The molecule has 0 unspecified atom stereocenters. The zero-order valence-electron chi connectivity index (χ0n) is 6.72. The summed E-state index contributed by atoms with van der Waals surface area (Å²) in [5, 5.41) is 0.869. The van der Waals surface area contributed by atoms with E-state index in [1.165, 1.54) is 18.2 Å². The monoisotopic (exact) mass is 179 g/mol. The van der Waals surface area contributed by atoms with Crippen molar-refractivity contribution in [3.05, 3.63) is 42.0 Å². The molecule has 2 N–H and O–H groups in total. The van der Waals surface area contributed by atoms with Crippen LogP contribution >= 0.6 is 0 Å². The lowest BCUT2D eigenvalue weighted by Crippen LogP contribution is -1.91. The van der Waals surface area contributed by atoms with Crippen LogP contribution in [0.4, 0.5) is 14.5 Å². The molecule has 0 aliphatic carbocycles. The third-order valence-electron chi connectivity index (χ3n) is 1.95. The van der Waals surface area contributed by atoms with Crippen molar-refractivity contribution in [2.45, 2.75) is 0 Å². The van der Waals surface area contributed by atoms with E-state index in [1.807, 2.05) is 0 Å². The van der Waals surface area contributed by atoms with E-state index < -0.39 is 11.6 Å². The molecule has 0 aliphatic heterocycles. The van der Waals surface area contributed by atoms with Crippen molar-refractivity contribution < 1.29 is 8.78 Å². The van der Waals surface area contributed by atoms with Gasteiger partial charge in [0, 0.05) is 5.39 Å². The van der Waals surface area contributed by atoms with Crippen molar-refractivity contribution >= 4 is 16.5 Å². The van der Waals surface area contributed by atoms with Crippen LogP contribution in [0.1, 0.15) is 0 Å². The van der Waals surface area contributed by atoms with Gasteiger partial charge in [-0.2, -0.15) is 0 Å². The average molecular weight is 179 g/mol. The second-order valence-corrected chi connectivity index (χ2v) is 2.83. The second kappa shape index (κ2) is 2.69. The molecule has 0 atom stereocenters. The molecule has 0 heterocycles. The fourth-order valence-corrected chi connectivity index (χ4v) is 1.27. The van der Waals surface area contributed by atoms with Crippen molar-refractivity contribution in [3.63, 3.8) is 0 Å². The highest BCUT2D eigenvalue weighted by atomic mass is 19.1. The molecule has 2 rings (SSSR count). The first kappa shape index (κ1) is 7.98. The molecule has 0 aliphatic rings. The van der Waals surface area contributed by atoms with E-state index in [4.69, 9.17) is 5.73 Å². The van der Waals surface area contributed by atoms with Crippen LogP contribution in [0.25, 0.3) is 10.8 Å². The van der Waals surface area contributed by atoms with E-state index in [2.05, 4.69) is 0 Å². The van der Waals surface area contributed by atoms with Gasteiger partial charge in [-0.3, -0.25) is 0 Å². The first-order chi connectivity index (χ1) is 6.18. The van der Waals surface area contributed by atoms with E-state index in [9.17, 15) is 8.78 Å². The maximum Gasteiger partial charge on any atom is 0.153 e. The summed E-state index contributed by atoms with van der Waals surface area (Å²) >= 11 is 0. The molecule has 2 aromatic rings. The highest BCUT2D eigenvalue weighted by molar-refractivity contribution is 5.86. The van der Waals surface area contributed by atoms with Crippen LogP contribution in [0.5, 0.6) is 0 Å². The van der Waals surface area contributed by atoms with Gasteiger partial charge in [0.15, 0.2) is 5.82 Å². The molecule has 0 saturated carbocycles. The normalized spacial score (nSPS) is 10.6. The van der Waals surface area contributed by atoms with Gasteiger partial charge < -0.3 is 5.73 Å². The van der Waals surface area contributed by atoms with Gasteiger partial charge >= 0.3 is 0 Å². The summed E-state index contributed by atoms with van der Waals surface area (Å²) in [5.74, 6) is -1.02. The Kier molecular flexibility index (Phi) is 1.65. The summed E-state index contributed by atoms with van der Waals surface area (Å²) in [7, 11) is 0. The fraction of sp³-hybridized carbons (Fsp3) is 0. The molecule has 0 aromatic heterocycles. The topological polar surface area (TPSA) is 26.0 Å². The zero-order valence-corrected chi connectivity index (χ0v) is 6.72. The van der Waals surface area contributed by atoms with Crippen LogP contribution in [-0.4, -0.2) is 0 Å².